The van der Waals surface area contributed by atoms with Crippen molar-refractivity contribution in [1.29, 1.82) is 0 Å². The molecule has 92 valence electrons. The van der Waals surface area contributed by atoms with Crippen LogP contribution in [0.5, 0.6) is 0 Å². The molecule has 3 nitrogen and oxygen atoms in total. The molecule has 17 heavy (non-hydrogen) atoms. The van der Waals surface area contributed by atoms with Crippen LogP contribution in [0.25, 0.3) is 0 Å². The highest BCUT2D eigenvalue weighted by molar-refractivity contribution is 6.00. The molecule has 1 aromatic rings. The Kier molecular flexibility index (Phi) is 2.72. The molecular formula is C14H20N2O. The van der Waals surface area contributed by atoms with Crippen LogP contribution in [0.4, 0.5) is 5.82 Å². The monoisotopic (exact) mass is 232 g/mol. The van der Waals surface area contributed by atoms with Crippen molar-refractivity contribution in [2.45, 2.75) is 52.5 Å². The number of nitrogens with zero attached hydrogens (tertiary/aromatic N) is 2. The number of anilines is 1. The summed E-state index contributed by atoms with van der Waals surface area (Å²) in [7, 11) is 0. The SMILES string of the molecule is CC(C)N1C(=O)Cc2ccc(C(C)(C)C)nc21. The van der Waals surface area contributed by atoms with Gasteiger partial charge in [0.2, 0.25) is 5.91 Å². The number of hydrogen-bond acceptors (Lipinski definition) is 2. The van der Waals surface area contributed by atoms with E-state index in [0.717, 1.165) is 17.1 Å². The second kappa shape index (κ2) is 3.83. The van der Waals surface area contributed by atoms with Crippen molar-refractivity contribution < 1.29 is 4.79 Å². The third-order valence-corrected chi connectivity index (χ3v) is 3.08. The maximum absolute atomic E-state index is 11.9. The summed E-state index contributed by atoms with van der Waals surface area (Å²) in [6.45, 7) is 10.5. The van der Waals surface area contributed by atoms with E-state index < -0.39 is 0 Å². The highest BCUT2D eigenvalue weighted by Gasteiger charge is 2.31. The molecule has 1 aromatic heterocycles. The van der Waals surface area contributed by atoms with E-state index in [0.29, 0.717) is 6.42 Å². The number of amides is 1. The van der Waals surface area contributed by atoms with Crippen LogP contribution in [-0.4, -0.2) is 16.9 Å². The van der Waals surface area contributed by atoms with Crippen molar-refractivity contribution in [3.05, 3.63) is 23.4 Å². The molecule has 1 aliphatic heterocycles. The van der Waals surface area contributed by atoms with E-state index in [-0.39, 0.29) is 17.4 Å². The molecule has 1 aliphatic rings. The second-order valence-corrected chi connectivity index (χ2v) is 5.96. The summed E-state index contributed by atoms with van der Waals surface area (Å²) < 4.78 is 0. The largest absolute Gasteiger partial charge is 0.294 e. The molecule has 1 amide bonds. The minimum absolute atomic E-state index is 0.0172. The maximum atomic E-state index is 11.9. The van der Waals surface area contributed by atoms with Gasteiger partial charge in [-0.2, -0.15) is 0 Å². The summed E-state index contributed by atoms with van der Waals surface area (Å²) in [5.74, 6) is 1.02. The molecule has 0 saturated heterocycles. The lowest BCUT2D eigenvalue weighted by Crippen LogP contribution is -2.34. The third kappa shape index (κ3) is 2.06. The molecule has 0 aliphatic carbocycles. The van der Waals surface area contributed by atoms with Crippen molar-refractivity contribution in [3.63, 3.8) is 0 Å². The van der Waals surface area contributed by atoms with E-state index in [1.54, 1.807) is 0 Å². The summed E-state index contributed by atoms with van der Waals surface area (Å²) >= 11 is 0. The molecule has 0 aromatic carbocycles. The summed E-state index contributed by atoms with van der Waals surface area (Å²) in [4.78, 5) is 18.4. The lowest BCUT2D eigenvalue weighted by molar-refractivity contribution is -0.117. The molecule has 3 heteroatoms. The van der Waals surface area contributed by atoms with Gasteiger partial charge in [-0.3, -0.25) is 9.69 Å². The predicted octanol–water partition coefficient (Wildman–Crippen LogP) is 2.68. The normalized spacial score (nSPS) is 15.6. The molecule has 0 saturated carbocycles. The topological polar surface area (TPSA) is 33.2 Å². The summed E-state index contributed by atoms with van der Waals surface area (Å²) in [5, 5.41) is 0. The van der Waals surface area contributed by atoms with Crippen LogP contribution in [-0.2, 0) is 16.6 Å². The average Bonchev–Trinajstić information content (AvgIpc) is 2.50. The Morgan fingerprint density at radius 2 is 1.94 bits per heavy atom. The molecule has 0 bridgehead atoms. The Morgan fingerprint density at radius 3 is 2.47 bits per heavy atom. The quantitative estimate of drug-likeness (QED) is 0.746. The zero-order valence-corrected chi connectivity index (χ0v) is 11.2. The van der Waals surface area contributed by atoms with Crippen LogP contribution in [0, 0.1) is 0 Å². The number of hydrogen-bond donors (Lipinski definition) is 0. The second-order valence-electron chi connectivity index (χ2n) is 5.96. The van der Waals surface area contributed by atoms with Gasteiger partial charge in [0.05, 0.1) is 6.42 Å². The number of carbonyl (C=O) groups is 1. The van der Waals surface area contributed by atoms with Gasteiger partial charge in [0, 0.05) is 22.7 Å². The fourth-order valence-corrected chi connectivity index (χ4v) is 2.14. The number of pyridine rings is 1. The third-order valence-electron chi connectivity index (χ3n) is 3.08. The van der Waals surface area contributed by atoms with Gasteiger partial charge in [-0.15, -0.1) is 0 Å². The number of rotatable bonds is 1. The zero-order valence-electron chi connectivity index (χ0n) is 11.2. The molecule has 2 heterocycles. The van der Waals surface area contributed by atoms with E-state index in [1.807, 2.05) is 30.9 Å². The van der Waals surface area contributed by atoms with E-state index in [9.17, 15) is 4.79 Å². The van der Waals surface area contributed by atoms with Crippen molar-refractivity contribution >= 4 is 11.7 Å². The van der Waals surface area contributed by atoms with Crippen LogP contribution in [0.1, 0.15) is 45.9 Å². The maximum Gasteiger partial charge on any atom is 0.232 e. The van der Waals surface area contributed by atoms with Crippen LogP contribution in [0.2, 0.25) is 0 Å². The first-order chi connectivity index (χ1) is 7.80. The Balaban J connectivity index is 2.49. The zero-order chi connectivity index (χ0) is 12.8. The van der Waals surface area contributed by atoms with Gasteiger partial charge in [-0.1, -0.05) is 26.8 Å². The first-order valence-electron chi connectivity index (χ1n) is 6.13. The van der Waals surface area contributed by atoms with E-state index in [1.165, 1.54) is 0 Å². The molecule has 0 radical (unpaired) electrons. The van der Waals surface area contributed by atoms with Crippen molar-refractivity contribution in [2.24, 2.45) is 0 Å². The van der Waals surface area contributed by atoms with Crippen LogP contribution in [0.3, 0.4) is 0 Å². The Hall–Kier alpha value is -1.38. The summed E-state index contributed by atoms with van der Waals surface area (Å²) in [5.41, 5.74) is 2.11. The standard InChI is InChI=1S/C14H20N2O/c1-9(2)16-12(17)8-10-6-7-11(14(3,4)5)15-13(10)16/h6-7,9H,8H2,1-5H3. The molecule has 0 N–H and O–H groups in total. The van der Waals surface area contributed by atoms with Gasteiger partial charge in [0.15, 0.2) is 0 Å². The number of fused-ring (bicyclic) bond motifs is 1. The van der Waals surface area contributed by atoms with Gasteiger partial charge >= 0.3 is 0 Å². The van der Waals surface area contributed by atoms with Crippen molar-refractivity contribution in [2.75, 3.05) is 4.90 Å². The minimum atomic E-state index is 0.0172. The first kappa shape index (κ1) is 12.1. The van der Waals surface area contributed by atoms with Gasteiger partial charge in [-0.25, -0.2) is 4.98 Å². The van der Waals surface area contributed by atoms with Gasteiger partial charge < -0.3 is 0 Å². The first-order valence-corrected chi connectivity index (χ1v) is 6.13. The molecular weight excluding hydrogens is 212 g/mol. The molecule has 2 rings (SSSR count). The number of carbonyl (C=O) groups excluding carboxylic acids is 1. The minimum Gasteiger partial charge on any atom is -0.294 e. The van der Waals surface area contributed by atoms with Crippen LogP contribution < -0.4 is 4.90 Å². The molecule has 0 fully saturated rings. The summed E-state index contributed by atoms with van der Waals surface area (Å²) in [6.07, 6.45) is 0.491. The Morgan fingerprint density at radius 1 is 1.29 bits per heavy atom. The highest BCUT2D eigenvalue weighted by Crippen LogP contribution is 2.31. The average molecular weight is 232 g/mol. The van der Waals surface area contributed by atoms with Gasteiger partial charge in [0.1, 0.15) is 5.82 Å². The summed E-state index contributed by atoms with van der Waals surface area (Å²) in [6, 6.07) is 4.26. The van der Waals surface area contributed by atoms with E-state index in [4.69, 9.17) is 0 Å². The molecule has 0 spiro atoms. The number of aromatic nitrogens is 1. The fraction of sp³-hybridized carbons (Fsp3) is 0.571. The molecule has 0 atom stereocenters. The van der Waals surface area contributed by atoms with Crippen molar-refractivity contribution in [3.8, 4) is 0 Å². The van der Waals surface area contributed by atoms with E-state index in [2.05, 4.69) is 25.8 Å². The Labute approximate surface area is 103 Å². The van der Waals surface area contributed by atoms with Crippen LogP contribution in [0.15, 0.2) is 12.1 Å². The van der Waals surface area contributed by atoms with Crippen LogP contribution >= 0.6 is 0 Å². The lowest BCUT2D eigenvalue weighted by Gasteiger charge is -2.23. The van der Waals surface area contributed by atoms with Gasteiger partial charge in [0.25, 0.3) is 0 Å². The van der Waals surface area contributed by atoms with Gasteiger partial charge in [-0.05, 0) is 19.9 Å². The van der Waals surface area contributed by atoms with E-state index >= 15 is 0 Å². The smallest absolute Gasteiger partial charge is 0.232 e. The predicted molar refractivity (Wildman–Crippen MR) is 69.3 cm³/mol. The highest BCUT2D eigenvalue weighted by atomic mass is 16.2. The fourth-order valence-electron chi connectivity index (χ4n) is 2.14. The molecule has 0 unspecified atom stereocenters. The Bertz CT molecular complexity index is 458. The lowest BCUT2D eigenvalue weighted by atomic mass is 9.91. The van der Waals surface area contributed by atoms with Crippen molar-refractivity contribution in [1.82, 2.24) is 4.98 Å².